The van der Waals surface area contributed by atoms with E-state index in [4.69, 9.17) is 0 Å². The molecule has 0 aliphatic carbocycles. The van der Waals surface area contributed by atoms with E-state index in [1.54, 1.807) is 0 Å². The monoisotopic (exact) mass is 426 g/mol. The predicted octanol–water partition coefficient (Wildman–Crippen LogP) is 2.95. The average Bonchev–Trinajstić information content (AvgIpc) is 3.09. The summed E-state index contributed by atoms with van der Waals surface area (Å²) in [6, 6.07) is 11.3. The van der Waals surface area contributed by atoms with Crippen molar-refractivity contribution in [1.29, 1.82) is 0 Å². The van der Waals surface area contributed by atoms with Crippen molar-refractivity contribution in [1.82, 2.24) is 9.80 Å². The van der Waals surface area contributed by atoms with Crippen LogP contribution in [0.5, 0.6) is 0 Å². The number of hydrogen-bond donors (Lipinski definition) is 0. The molecule has 1 aromatic heterocycles. The lowest BCUT2D eigenvalue weighted by Gasteiger charge is -2.34. The summed E-state index contributed by atoms with van der Waals surface area (Å²) in [5.74, 6) is 0.115. The van der Waals surface area contributed by atoms with E-state index < -0.39 is 0 Å². The number of amides is 2. The molecule has 0 spiro atoms. The van der Waals surface area contributed by atoms with Crippen LogP contribution in [0.15, 0.2) is 41.8 Å². The predicted molar refractivity (Wildman–Crippen MR) is 95.3 cm³/mol. The first-order valence-electron chi connectivity index (χ1n) is 7.03. The summed E-state index contributed by atoms with van der Waals surface area (Å²) in [5, 5.41) is 1.91. The quantitative estimate of drug-likeness (QED) is 0.694. The molecule has 2 amide bonds. The van der Waals surface area contributed by atoms with E-state index in [-0.39, 0.29) is 11.8 Å². The maximum absolute atomic E-state index is 12.5. The van der Waals surface area contributed by atoms with Gasteiger partial charge in [-0.1, -0.05) is 18.2 Å². The normalized spacial score (nSPS) is 15.0. The van der Waals surface area contributed by atoms with Crippen molar-refractivity contribution >= 4 is 45.7 Å². The van der Waals surface area contributed by atoms with Crippen molar-refractivity contribution < 1.29 is 9.59 Å². The van der Waals surface area contributed by atoms with Crippen molar-refractivity contribution in [3.05, 3.63) is 55.8 Å². The number of benzene rings is 1. The van der Waals surface area contributed by atoms with E-state index in [0.717, 1.165) is 14.0 Å². The topological polar surface area (TPSA) is 40.6 Å². The van der Waals surface area contributed by atoms with Crippen LogP contribution in [-0.2, 0) is 0 Å². The van der Waals surface area contributed by atoms with Crippen molar-refractivity contribution in [2.45, 2.75) is 0 Å². The molecule has 4 nitrogen and oxygen atoms in total. The van der Waals surface area contributed by atoms with Crippen LogP contribution < -0.4 is 0 Å². The molecule has 2 heterocycles. The fourth-order valence-corrected chi connectivity index (χ4v) is 3.78. The highest BCUT2D eigenvalue weighted by molar-refractivity contribution is 14.1. The third-order valence-corrected chi connectivity index (χ3v) is 5.49. The number of rotatable bonds is 2. The highest BCUT2D eigenvalue weighted by Crippen LogP contribution is 2.17. The first-order valence-corrected chi connectivity index (χ1v) is 8.99. The third kappa shape index (κ3) is 3.17. The highest BCUT2D eigenvalue weighted by atomic mass is 127. The van der Waals surface area contributed by atoms with Crippen LogP contribution in [-0.4, -0.2) is 47.8 Å². The Labute approximate surface area is 146 Å². The van der Waals surface area contributed by atoms with E-state index >= 15 is 0 Å². The summed E-state index contributed by atoms with van der Waals surface area (Å²) in [6.07, 6.45) is 0. The minimum Gasteiger partial charge on any atom is -0.335 e. The molecule has 22 heavy (non-hydrogen) atoms. The zero-order valence-corrected chi connectivity index (χ0v) is 14.8. The van der Waals surface area contributed by atoms with E-state index in [0.29, 0.717) is 26.2 Å². The summed E-state index contributed by atoms with van der Waals surface area (Å²) < 4.78 is 0.960. The zero-order valence-electron chi connectivity index (χ0n) is 11.9. The summed E-state index contributed by atoms with van der Waals surface area (Å²) in [5.41, 5.74) is 0.737. The number of carbonyl (C=O) groups excluding carboxylic acids is 2. The molecular weight excluding hydrogens is 411 g/mol. The van der Waals surface area contributed by atoms with Crippen LogP contribution in [0.3, 0.4) is 0 Å². The van der Waals surface area contributed by atoms with Gasteiger partial charge in [0.05, 0.1) is 10.4 Å². The maximum atomic E-state index is 12.5. The van der Waals surface area contributed by atoms with Gasteiger partial charge in [0, 0.05) is 29.7 Å². The molecular formula is C16H15IN2O2S. The second-order valence-electron chi connectivity index (χ2n) is 5.04. The second kappa shape index (κ2) is 6.78. The minimum absolute atomic E-state index is 0.0493. The van der Waals surface area contributed by atoms with Crippen molar-refractivity contribution in [2.24, 2.45) is 0 Å². The van der Waals surface area contributed by atoms with Crippen molar-refractivity contribution in [3.63, 3.8) is 0 Å². The molecule has 0 saturated carbocycles. The highest BCUT2D eigenvalue weighted by Gasteiger charge is 2.26. The van der Waals surface area contributed by atoms with E-state index in [2.05, 4.69) is 22.6 Å². The summed E-state index contributed by atoms with van der Waals surface area (Å²) in [7, 11) is 0. The van der Waals surface area contributed by atoms with Gasteiger partial charge in [-0.25, -0.2) is 0 Å². The zero-order chi connectivity index (χ0) is 15.5. The SMILES string of the molecule is O=C(c1cccs1)N1CCN(C(=O)c2ccccc2I)CC1. The molecule has 114 valence electrons. The molecule has 0 radical (unpaired) electrons. The first kappa shape index (κ1) is 15.5. The number of carbonyl (C=O) groups is 2. The lowest BCUT2D eigenvalue weighted by Crippen LogP contribution is -2.50. The van der Waals surface area contributed by atoms with Crippen molar-refractivity contribution in [2.75, 3.05) is 26.2 Å². The average molecular weight is 426 g/mol. The summed E-state index contributed by atoms with van der Waals surface area (Å²) in [6.45, 7) is 2.35. The molecule has 1 saturated heterocycles. The van der Waals surface area contributed by atoms with Gasteiger partial charge in [-0.05, 0) is 46.2 Å². The molecule has 0 atom stereocenters. The third-order valence-electron chi connectivity index (χ3n) is 3.69. The molecule has 1 aliphatic heterocycles. The Balaban J connectivity index is 1.63. The molecule has 3 rings (SSSR count). The van der Waals surface area contributed by atoms with Gasteiger partial charge < -0.3 is 9.80 Å². The number of hydrogen-bond acceptors (Lipinski definition) is 3. The Kier molecular flexibility index (Phi) is 4.77. The summed E-state index contributed by atoms with van der Waals surface area (Å²) in [4.78, 5) is 29.3. The van der Waals surface area contributed by atoms with Crippen LogP contribution in [0.25, 0.3) is 0 Å². The minimum atomic E-state index is 0.0493. The van der Waals surface area contributed by atoms with Gasteiger partial charge in [0.15, 0.2) is 0 Å². The van der Waals surface area contributed by atoms with Crippen LogP contribution >= 0.6 is 33.9 Å². The van der Waals surface area contributed by atoms with Gasteiger partial charge in [-0.2, -0.15) is 0 Å². The fourth-order valence-electron chi connectivity index (χ4n) is 2.47. The molecule has 1 fully saturated rings. The standard InChI is InChI=1S/C16H15IN2O2S/c17-13-5-2-1-4-12(13)15(20)18-7-9-19(10-8-18)16(21)14-6-3-11-22-14/h1-6,11H,7-10H2. The van der Waals surface area contributed by atoms with Gasteiger partial charge in [-0.15, -0.1) is 11.3 Å². The lowest BCUT2D eigenvalue weighted by molar-refractivity contribution is 0.0537. The van der Waals surface area contributed by atoms with E-state index in [1.165, 1.54) is 11.3 Å². The fraction of sp³-hybridized carbons (Fsp3) is 0.250. The number of thiophene rings is 1. The number of nitrogens with zero attached hydrogens (tertiary/aromatic N) is 2. The van der Waals surface area contributed by atoms with Crippen molar-refractivity contribution in [3.8, 4) is 0 Å². The molecule has 1 aromatic carbocycles. The van der Waals surface area contributed by atoms with Gasteiger partial charge in [0.25, 0.3) is 11.8 Å². The Morgan fingerprint density at radius 1 is 0.909 bits per heavy atom. The van der Waals surface area contributed by atoms with Gasteiger partial charge >= 0.3 is 0 Å². The Hall–Kier alpha value is -1.41. The van der Waals surface area contributed by atoms with Crippen LogP contribution in [0.1, 0.15) is 20.0 Å². The van der Waals surface area contributed by atoms with Crippen LogP contribution in [0.4, 0.5) is 0 Å². The Bertz CT molecular complexity index is 679. The molecule has 6 heteroatoms. The van der Waals surface area contributed by atoms with Gasteiger partial charge in [0.1, 0.15) is 0 Å². The Morgan fingerprint density at radius 2 is 1.55 bits per heavy atom. The van der Waals surface area contributed by atoms with Gasteiger partial charge in [0.2, 0.25) is 0 Å². The first-order chi connectivity index (χ1) is 10.7. The van der Waals surface area contributed by atoms with E-state index in [1.807, 2.05) is 51.6 Å². The van der Waals surface area contributed by atoms with E-state index in [9.17, 15) is 9.59 Å². The molecule has 0 unspecified atom stereocenters. The second-order valence-corrected chi connectivity index (χ2v) is 7.15. The molecule has 1 aliphatic rings. The van der Waals surface area contributed by atoms with Gasteiger partial charge in [-0.3, -0.25) is 9.59 Å². The number of halogens is 1. The largest absolute Gasteiger partial charge is 0.335 e. The number of piperazine rings is 1. The van der Waals surface area contributed by atoms with Crippen LogP contribution in [0.2, 0.25) is 0 Å². The molecule has 0 N–H and O–H groups in total. The van der Waals surface area contributed by atoms with Crippen LogP contribution in [0, 0.1) is 3.57 Å². The summed E-state index contributed by atoms with van der Waals surface area (Å²) >= 11 is 3.64. The lowest BCUT2D eigenvalue weighted by atomic mass is 10.2. The smallest absolute Gasteiger partial charge is 0.264 e. The Morgan fingerprint density at radius 3 is 2.14 bits per heavy atom. The maximum Gasteiger partial charge on any atom is 0.264 e. The molecule has 2 aromatic rings. The molecule has 0 bridgehead atoms.